The van der Waals surface area contributed by atoms with Crippen LogP contribution in [0.15, 0.2) is 28.7 Å². The van der Waals surface area contributed by atoms with Crippen LogP contribution in [-0.4, -0.2) is 22.5 Å². The SMILES string of the molecule is Cc1cc(C(O)CCNC(=O)c2ccc(C)c([N+](=O)[O-])c2)c(C)o1. The van der Waals surface area contributed by atoms with E-state index in [1.54, 1.807) is 32.9 Å². The van der Waals surface area contributed by atoms with Crippen molar-refractivity contribution in [3.63, 3.8) is 0 Å². The zero-order valence-electron chi connectivity index (χ0n) is 13.8. The molecule has 0 fully saturated rings. The maximum Gasteiger partial charge on any atom is 0.273 e. The Morgan fingerprint density at radius 2 is 2.04 bits per heavy atom. The topological polar surface area (TPSA) is 106 Å². The highest BCUT2D eigenvalue weighted by Crippen LogP contribution is 2.23. The summed E-state index contributed by atoms with van der Waals surface area (Å²) < 4.78 is 5.37. The third kappa shape index (κ3) is 3.99. The van der Waals surface area contributed by atoms with Gasteiger partial charge in [-0.3, -0.25) is 14.9 Å². The maximum absolute atomic E-state index is 12.1. The molecule has 0 saturated heterocycles. The number of benzene rings is 1. The molecule has 7 nitrogen and oxygen atoms in total. The number of nitrogens with zero attached hydrogens (tertiary/aromatic N) is 1. The van der Waals surface area contributed by atoms with Crippen LogP contribution in [0.25, 0.3) is 0 Å². The number of aliphatic hydroxyl groups excluding tert-OH is 1. The number of hydrogen-bond acceptors (Lipinski definition) is 5. The second kappa shape index (κ2) is 7.27. The van der Waals surface area contributed by atoms with Crippen molar-refractivity contribution in [1.29, 1.82) is 0 Å². The number of carbonyl (C=O) groups is 1. The summed E-state index contributed by atoms with van der Waals surface area (Å²) in [7, 11) is 0. The summed E-state index contributed by atoms with van der Waals surface area (Å²) in [6.45, 7) is 5.43. The van der Waals surface area contributed by atoms with Crippen molar-refractivity contribution in [3.05, 3.63) is 62.6 Å². The second-order valence-electron chi connectivity index (χ2n) is 5.69. The molecule has 7 heteroatoms. The second-order valence-corrected chi connectivity index (χ2v) is 5.69. The highest BCUT2D eigenvalue weighted by molar-refractivity contribution is 5.94. The molecule has 1 aromatic heterocycles. The fourth-order valence-corrected chi connectivity index (χ4v) is 2.51. The Kier molecular flexibility index (Phi) is 5.35. The van der Waals surface area contributed by atoms with Gasteiger partial charge in [-0.2, -0.15) is 0 Å². The average molecular weight is 332 g/mol. The van der Waals surface area contributed by atoms with E-state index in [1.165, 1.54) is 12.1 Å². The number of carbonyl (C=O) groups excluding carboxylic acids is 1. The van der Waals surface area contributed by atoms with Crippen LogP contribution in [0.4, 0.5) is 5.69 Å². The zero-order valence-corrected chi connectivity index (χ0v) is 13.8. The molecule has 0 aliphatic carbocycles. The quantitative estimate of drug-likeness (QED) is 0.625. The Hall–Kier alpha value is -2.67. The smallest absolute Gasteiger partial charge is 0.273 e. The molecule has 0 bridgehead atoms. The van der Waals surface area contributed by atoms with Crippen molar-refractivity contribution >= 4 is 11.6 Å². The first-order valence-electron chi connectivity index (χ1n) is 7.58. The van der Waals surface area contributed by atoms with Gasteiger partial charge in [0.1, 0.15) is 11.5 Å². The molecule has 0 radical (unpaired) electrons. The van der Waals surface area contributed by atoms with Crippen LogP contribution in [0, 0.1) is 30.9 Å². The maximum atomic E-state index is 12.1. The summed E-state index contributed by atoms with van der Waals surface area (Å²) in [5.41, 5.74) is 1.33. The third-order valence-corrected chi connectivity index (χ3v) is 3.81. The first-order chi connectivity index (χ1) is 11.3. The van der Waals surface area contributed by atoms with Gasteiger partial charge < -0.3 is 14.8 Å². The minimum Gasteiger partial charge on any atom is -0.466 e. The van der Waals surface area contributed by atoms with Gasteiger partial charge in [0.2, 0.25) is 0 Å². The van der Waals surface area contributed by atoms with Gasteiger partial charge in [-0.05, 0) is 39.3 Å². The summed E-state index contributed by atoms with van der Waals surface area (Å²) in [5, 5.41) is 23.7. The van der Waals surface area contributed by atoms with Gasteiger partial charge in [0.15, 0.2) is 0 Å². The third-order valence-electron chi connectivity index (χ3n) is 3.81. The Morgan fingerprint density at radius 3 is 2.62 bits per heavy atom. The largest absolute Gasteiger partial charge is 0.466 e. The highest BCUT2D eigenvalue weighted by atomic mass is 16.6. The monoisotopic (exact) mass is 332 g/mol. The number of amides is 1. The fourth-order valence-electron chi connectivity index (χ4n) is 2.51. The molecular weight excluding hydrogens is 312 g/mol. The molecule has 1 aromatic carbocycles. The van der Waals surface area contributed by atoms with E-state index in [0.29, 0.717) is 23.3 Å². The summed E-state index contributed by atoms with van der Waals surface area (Å²) in [4.78, 5) is 22.5. The van der Waals surface area contributed by atoms with Crippen molar-refractivity contribution < 1.29 is 19.2 Å². The molecule has 0 spiro atoms. The molecule has 128 valence electrons. The number of aliphatic hydroxyl groups is 1. The van der Waals surface area contributed by atoms with Crippen LogP contribution in [0.2, 0.25) is 0 Å². The molecular formula is C17H20N2O5. The van der Waals surface area contributed by atoms with Gasteiger partial charge in [0.05, 0.1) is 11.0 Å². The van der Waals surface area contributed by atoms with E-state index in [0.717, 1.165) is 5.76 Å². The van der Waals surface area contributed by atoms with E-state index in [2.05, 4.69) is 5.32 Å². The normalized spacial score (nSPS) is 12.0. The molecule has 2 rings (SSSR count). The van der Waals surface area contributed by atoms with Gasteiger partial charge in [-0.1, -0.05) is 6.07 Å². The lowest BCUT2D eigenvalue weighted by Gasteiger charge is -2.11. The molecule has 0 saturated carbocycles. The lowest BCUT2D eigenvalue weighted by atomic mass is 10.1. The predicted molar refractivity (Wildman–Crippen MR) is 87.9 cm³/mol. The number of nitro groups is 1. The summed E-state index contributed by atoms with van der Waals surface area (Å²) in [5.74, 6) is 0.962. The van der Waals surface area contributed by atoms with Gasteiger partial charge >= 0.3 is 0 Å². The van der Waals surface area contributed by atoms with Crippen LogP contribution < -0.4 is 5.32 Å². The minimum absolute atomic E-state index is 0.0906. The van der Waals surface area contributed by atoms with E-state index in [4.69, 9.17) is 4.42 Å². The van der Waals surface area contributed by atoms with Gasteiger partial charge in [0, 0.05) is 29.3 Å². The van der Waals surface area contributed by atoms with E-state index in [9.17, 15) is 20.0 Å². The number of nitrogens with one attached hydrogen (secondary N) is 1. The fraction of sp³-hybridized carbons (Fsp3) is 0.353. The average Bonchev–Trinajstić information content (AvgIpc) is 2.85. The Balaban J connectivity index is 1.95. The lowest BCUT2D eigenvalue weighted by Crippen LogP contribution is -2.25. The Labute approximate surface area is 139 Å². The minimum atomic E-state index is -0.741. The van der Waals surface area contributed by atoms with Crippen molar-refractivity contribution in [2.75, 3.05) is 6.54 Å². The molecule has 2 N–H and O–H groups in total. The van der Waals surface area contributed by atoms with E-state index >= 15 is 0 Å². The highest BCUT2D eigenvalue weighted by Gasteiger charge is 2.17. The number of furan rings is 1. The lowest BCUT2D eigenvalue weighted by molar-refractivity contribution is -0.385. The number of aryl methyl sites for hydroxylation is 3. The summed E-state index contributed by atoms with van der Waals surface area (Å²) in [6.07, 6.45) is -0.422. The van der Waals surface area contributed by atoms with E-state index in [1.807, 2.05) is 0 Å². The Morgan fingerprint density at radius 1 is 1.33 bits per heavy atom. The molecule has 24 heavy (non-hydrogen) atoms. The molecule has 2 aromatic rings. The number of nitro benzene ring substituents is 1. The van der Waals surface area contributed by atoms with Crippen LogP contribution in [-0.2, 0) is 0 Å². The summed E-state index contributed by atoms with van der Waals surface area (Å²) in [6, 6.07) is 6.10. The van der Waals surface area contributed by atoms with E-state index < -0.39 is 16.9 Å². The number of hydrogen-bond donors (Lipinski definition) is 2. The van der Waals surface area contributed by atoms with Crippen molar-refractivity contribution in [2.24, 2.45) is 0 Å². The van der Waals surface area contributed by atoms with E-state index in [-0.39, 0.29) is 17.8 Å². The van der Waals surface area contributed by atoms with Crippen molar-refractivity contribution in [3.8, 4) is 0 Å². The van der Waals surface area contributed by atoms with Crippen LogP contribution in [0.5, 0.6) is 0 Å². The van der Waals surface area contributed by atoms with Gasteiger partial charge in [0.25, 0.3) is 11.6 Å². The molecule has 1 amide bonds. The van der Waals surface area contributed by atoms with Gasteiger partial charge in [-0.25, -0.2) is 0 Å². The first kappa shape index (κ1) is 17.7. The number of rotatable bonds is 6. The molecule has 0 aliphatic rings. The molecule has 1 heterocycles. The molecule has 1 unspecified atom stereocenters. The standard InChI is InChI=1S/C17H20N2O5/c1-10-4-5-13(9-15(10)19(22)23)17(21)18-7-6-16(20)14-8-11(2)24-12(14)3/h4-5,8-9,16,20H,6-7H2,1-3H3,(H,18,21). The van der Waals surface area contributed by atoms with Crippen LogP contribution >= 0.6 is 0 Å². The Bertz CT molecular complexity index is 766. The van der Waals surface area contributed by atoms with Crippen molar-refractivity contribution in [1.82, 2.24) is 5.32 Å². The molecule has 1 atom stereocenters. The van der Waals surface area contributed by atoms with Crippen LogP contribution in [0.3, 0.4) is 0 Å². The van der Waals surface area contributed by atoms with Crippen LogP contribution in [0.1, 0.15) is 45.5 Å². The first-order valence-corrected chi connectivity index (χ1v) is 7.58. The van der Waals surface area contributed by atoms with Gasteiger partial charge in [-0.15, -0.1) is 0 Å². The predicted octanol–water partition coefficient (Wildman–Crippen LogP) is 2.97. The zero-order chi connectivity index (χ0) is 17.9. The molecule has 0 aliphatic heterocycles. The summed E-state index contributed by atoms with van der Waals surface area (Å²) >= 11 is 0. The van der Waals surface area contributed by atoms with Crippen molar-refractivity contribution in [2.45, 2.75) is 33.3 Å².